The monoisotopic (exact) mass is 769 g/mol. The molecule has 0 radical (unpaired) electrons. The topological polar surface area (TPSA) is 116 Å². The van der Waals surface area contributed by atoms with E-state index in [1.807, 2.05) is 30.0 Å². The molecule has 1 saturated heterocycles. The van der Waals surface area contributed by atoms with Gasteiger partial charge in [-0.25, -0.2) is 14.6 Å². The van der Waals surface area contributed by atoms with Crippen molar-refractivity contribution in [1.29, 1.82) is 0 Å². The highest BCUT2D eigenvalue weighted by Crippen LogP contribution is 2.75. The fraction of sp³-hybridized carbons (Fsp3) is 0.739. The highest BCUT2D eigenvalue weighted by Gasteiger charge is 2.72. The first-order chi connectivity index (χ1) is 26.4. The highest BCUT2D eigenvalue weighted by molar-refractivity contribution is 5.73. The van der Waals surface area contributed by atoms with Gasteiger partial charge in [-0.3, -0.25) is 4.79 Å². The summed E-state index contributed by atoms with van der Waals surface area (Å²) in [6.45, 7) is 25.0. The van der Waals surface area contributed by atoms with Gasteiger partial charge in [-0.05, 0) is 110 Å². The molecule has 1 aliphatic heterocycles. The van der Waals surface area contributed by atoms with Crippen molar-refractivity contribution in [2.75, 3.05) is 26.9 Å². The maximum absolute atomic E-state index is 13.6. The van der Waals surface area contributed by atoms with Crippen molar-refractivity contribution in [2.24, 2.45) is 62.6 Å². The zero-order valence-corrected chi connectivity index (χ0v) is 35.9. The summed E-state index contributed by atoms with van der Waals surface area (Å²) in [4.78, 5) is 23.1. The fourth-order valence-electron chi connectivity index (χ4n) is 13.7. The number of nitrogens with zero attached hydrogens (tertiary/aromatic N) is 5. The number of carboxylic acids is 1. The maximum Gasteiger partial charge on any atom is 0.307 e. The van der Waals surface area contributed by atoms with Crippen molar-refractivity contribution in [3.05, 3.63) is 48.7 Å². The number of fused-ring (bicyclic) bond motifs is 4. The number of imidazole rings is 1. The van der Waals surface area contributed by atoms with E-state index in [0.717, 1.165) is 55.6 Å². The quantitative estimate of drug-likeness (QED) is 0.197. The molecule has 4 heterocycles. The first-order valence-corrected chi connectivity index (χ1v) is 21.5. The predicted octanol–water partition coefficient (Wildman–Crippen LogP) is 8.74. The van der Waals surface area contributed by atoms with Gasteiger partial charge in [-0.15, -0.1) is 0 Å². The number of aromatic nitrogens is 5. The van der Waals surface area contributed by atoms with E-state index in [0.29, 0.717) is 43.5 Å². The van der Waals surface area contributed by atoms with Crippen LogP contribution >= 0.6 is 0 Å². The van der Waals surface area contributed by atoms with Crippen molar-refractivity contribution in [2.45, 2.75) is 125 Å². The summed E-state index contributed by atoms with van der Waals surface area (Å²) in [5.74, 6) is 1.52. The van der Waals surface area contributed by atoms with Gasteiger partial charge in [0.2, 0.25) is 0 Å². The van der Waals surface area contributed by atoms with Crippen LogP contribution in [0.1, 0.15) is 114 Å². The molecule has 2 N–H and O–H groups in total. The van der Waals surface area contributed by atoms with Gasteiger partial charge >= 0.3 is 5.97 Å². The molecule has 0 amide bonds. The van der Waals surface area contributed by atoms with E-state index < -0.39 is 11.9 Å². The van der Waals surface area contributed by atoms with Crippen molar-refractivity contribution in [3.8, 4) is 11.4 Å². The van der Waals surface area contributed by atoms with Crippen molar-refractivity contribution >= 4 is 11.6 Å². The lowest BCUT2D eigenvalue weighted by Crippen LogP contribution is -2.69. The molecule has 4 fully saturated rings. The average molecular weight is 769 g/mol. The number of carboxylic acid groups (broad SMARTS) is 1. The molecule has 2 bridgehead atoms. The van der Waals surface area contributed by atoms with E-state index in [1.165, 1.54) is 5.57 Å². The van der Waals surface area contributed by atoms with Crippen LogP contribution in [0.4, 0.5) is 0 Å². The van der Waals surface area contributed by atoms with Gasteiger partial charge in [0.15, 0.2) is 5.82 Å². The lowest BCUT2D eigenvalue weighted by atomic mass is 9.34. The Morgan fingerprint density at radius 1 is 1.07 bits per heavy atom. The number of pyridine rings is 1. The minimum atomic E-state index is -0.620. The van der Waals surface area contributed by atoms with Crippen molar-refractivity contribution in [3.63, 3.8) is 0 Å². The van der Waals surface area contributed by atoms with Gasteiger partial charge in [-0.1, -0.05) is 74.0 Å². The summed E-state index contributed by atoms with van der Waals surface area (Å²) in [7, 11) is 2.04. The molecule has 10 heteroatoms. The molecule has 10 nitrogen and oxygen atoms in total. The van der Waals surface area contributed by atoms with Crippen LogP contribution in [0, 0.1) is 62.6 Å². The molecule has 12 atom stereocenters. The van der Waals surface area contributed by atoms with E-state index in [4.69, 9.17) is 19.6 Å². The summed E-state index contributed by atoms with van der Waals surface area (Å²) in [5, 5.41) is 19.8. The minimum Gasteiger partial charge on any atom is -0.481 e. The minimum absolute atomic E-state index is 0.101. The van der Waals surface area contributed by atoms with Crippen LogP contribution in [0.15, 0.2) is 48.7 Å². The molecule has 3 aromatic rings. The van der Waals surface area contributed by atoms with Gasteiger partial charge in [0.05, 0.1) is 37.9 Å². The number of ether oxygens (including phenoxy) is 2. The number of likely N-dealkylation sites (N-methyl/N-ethyl adjacent to an activating group) is 1. The molecule has 0 spiro atoms. The zero-order valence-electron chi connectivity index (χ0n) is 35.9. The second-order valence-corrected chi connectivity index (χ2v) is 20.8. The Balaban J connectivity index is 1.25. The lowest BCUT2D eigenvalue weighted by molar-refractivity contribution is -0.253. The SMILES string of the molecule is CN[C@@](C)(CO[C@H]1[C@H](n2ncnc2-c2ccn3ccnc3c2)C[C@@]23COC[C@]1(C)[C@@H]2CC[C@H]1C3=CC[C@@]2(C)[C@H](C(=O)O)[C@@](C)([C@H](C)C(C)C)CC[C@]12C)C(C)C. The highest BCUT2D eigenvalue weighted by atomic mass is 16.5. The molecule has 8 rings (SSSR count). The Morgan fingerprint density at radius 2 is 1.84 bits per heavy atom. The fourth-order valence-corrected chi connectivity index (χ4v) is 13.7. The molecule has 0 aromatic carbocycles. The Bertz CT molecular complexity index is 2000. The summed E-state index contributed by atoms with van der Waals surface area (Å²) in [6, 6.07) is 4.10. The van der Waals surface area contributed by atoms with Crippen LogP contribution in [-0.4, -0.2) is 73.7 Å². The zero-order chi connectivity index (χ0) is 40.2. The second-order valence-electron chi connectivity index (χ2n) is 20.8. The molecule has 0 unspecified atom stereocenters. The van der Waals surface area contributed by atoms with Gasteiger partial charge < -0.3 is 24.3 Å². The summed E-state index contributed by atoms with van der Waals surface area (Å²) in [6.07, 6.45) is 15.6. The molecule has 56 heavy (non-hydrogen) atoms. The summed E-state index contributed by atoms with van der Waals surface area (Å²) in [5.41, 5.74) is 1.84. The standard InChI is InChI=1S/C46H68N6O4/c1-28(2)30(5)41(6)17-18-43(8)32-12-13-35-42(7)24-55-26-46(35,33(32)14-16-44(43,9)37(41)40(53)54)23-34(38(42)56-25-45(10,47-11)29(3)4)52-39(49-27-50-52)31-15-20-51-21-19-48-36(51)22-31/h14-15,19-22,27-30,32,34-35,37-38,47H,12-13,16-18,23-26H2,1-11H3,(H,53,54)/t30-,32+,34-,35+,37-,38+,41-,42-,43-,44+,45+,46+/m1/s1. The lowest BCUT2D eigenvalue weighted by Gasteiger charge is -2.71. The first kappa shape index (κ1) is 39.7. The van der Waals surface area contributed by atoms with Crippen LogP contribution in [0.3, 0.4) is 0 Å². The summed E-state index contributed by atoms with van der Waals surface area (Å²) >= 11 is 0. The molecule has 5 aliphatic rings. The normalized spacial score (nSPS) is 39.7. The number of rotatable bonds is 10. The van der Waals surface area contributed by atoms with Crippen molar-refractivity contribution < 1.29 is 19.4 Å². The second kappa shape index (κ2) is 13.5. The van der Waals surface area contributed by atoms with Gasteiger partial charge in [-0.2, -0.15) is 5.10 Å². The molecule has 4 aliphatic carbocycles. The summed E-state index contributed by atoms with van der Waals surface area (Å²) < 4.78 is 18.4. The first-order valence-electron chi connectivity index (χ1n) is 21.5. The number of aliphatic carboxylic acids is 1. The van der Waals surface area contributed by atoms with E-state index in [-0.39, 0.29) is 50.7 Å². The van der Waals surface area contributed by atoms with Crippen molar-refractivity contribution in [1.82, 2.24) is 29.5 Å². The van der Waals surface area contributed by atoms with Gasteiger partial charge in [0, 0.05) is 40.5 Å². The smallest absolute Gasteiger partial charge is 0.307 e. The Morgan fingerprint density at radius 3 is 2.54 bits per heavy atom. The third-order valence-corrected chi connectivity index (χ3v) is 18.0. The number of hydrogen-bond donors (Lipinski definition) is 2. The predicted molar refractivity (Wildman–Crippen MR) is 219 cm³/mol. The third kappa shape index (κ3) is 5.43. The van der Waals surface area contributed by atoms with E-state index in [2.05, 4.69) is 102 Å². The molecule has 3 saturated carbocycles. The molecule has 3 aromatic heterocycles. The van der Waals surface area contributed by atoms with Crippen LogP contribution in [-0.2, 0) is 14.3 Å². The Kier molecular flexibility index (Phi) is 9.57. The number of nitrogens with one attached hydrogen (secondary N) is 1. The average Bonchev–Trinajstić information content (AvgIpc) is 3.84. The molecule has 306 valence electrons. The van der Waals surface area contributed by atoms with Gasteiger partial charge in [0.25, 0.3) is 0 Å². The Hall–Kier alpha value is -3.08. The van der Waals surface area contributed by atoms with Crippen LogP contribution in [0.5, 0.6) is 0 Å². The van der Waals surface area contributed by atoms with Gasteiger partial charge in [0.1, 0.15) is 12.0 Å². The number of allylic oxidation sites excluding steroid dienone is 1. The van der Waals surface area contributed by atoms with Crippen LogP contribution in [0.2, 0.25) is 0 Å². The van der Waals surface area contributed by atoms with Crippen LogP contribution < -0.4 is 5.32 Å². The maximum atomic E-state index is 13.6. The Labute approximate surface area is 334 Å². The molecular weight excluding hydrogens is 701 g/mol. The largest absolute Gasteiger partial charge is 0.481 e. The van der Waals surface area contributed by atoms with E-state index >= 15 is 0 Å². The number of hydrogen-bond acceptors (Lipinski definition) is 7. The van der Waals surface area contributed by atoms with E-state index in [9.17, 15) is 9.90 Å². The number of carbonyl (C=O) groups is 1. The molecular formula is C46H68N6O4. The third-order valence-electron chi connectivity index (χ3n) is 18.0. The van der Waals surface area contributed by atoms with Crippen LogP contribution in [0.25, 0.3) is 17.0 Å². The van der Waals surface area contributed by atoms with E-state index in [1.54, 1.807) is 6.33 Å².